The number of aliphatic carboxylic acids is 1. The van der Waals surface area contributed by atoms with E-state index in [2.05, 4.69) is 0 Å². The predicted molar refractivity (Wildman–Crippen MR) is 119 cm³/mol. The van der Waals surface area contributed by atoms with E-state index < -0.39 is 48.9 Å². The number of ether oxygens (including phenoxy) is 2. The molecule has 9 nitrogen and oxygen atoms in total. The second kappa shape index (κ2) is 11.4. The van der Waals surface area contributed by atoms with Crippen LogP contribution in [0, 0.1) is 0 Å². The highest BCUT2D eigenvalue weighted by molar-refractivity contribution is 6.05. The summed E-state index contributed by atoms with van der Waals surface area (Å²) in [7, 11) is 0. The van der Waals surface area contributed by atoms with Gasteiger partial charge in [-0.3, -0.25) is 10.1 Å². The average molecular weight is 490 g/mol. The van der Waals surface area contributed by atoms with E-state index in [1.807, 2.05) is 59.2 Å². The molecule has 11 heteroatoms. The van der Waals surface area contributed by atoms with E-state index in [9.17, 15) is 28.0 Å². The molecule has 1 aliphatic rings. The summed E-state index contributed by atoms with van der Waals surface area (Å²) < 4.78 is 35.3. The highest BCUT2D eigenvalue weighted by atomic mass is 19.3. The number of carboxylic acid groups (broad SMARTS) is 1. The number of esters is 1. The molecular weight excluding hydrogens is 466 g/mol. The van der Waals surface area contributed by atoms with Crippen molar-refractivity contribution in [3.05, 3.63) is 59.7 Å². The number of alkyl halides is 2. The van der Waals surface area contributed by atoms with Gasteiger partial charge in [0.2, 0.25) is 12.5 Å². The topological polar surface area (TPSA) is 131 Å². The summed E-state index contributed by atoms with van der Waals surface area (Å²) in [5.41, 5.74) is 3.88. The van der Waals surface area contributed by atoms with Crippen molar-refractivity contribution >= 4 is 23.9 Å². The third kappa shape index (κ3) is 6.11. The van der Waals surface area contributed by atoms with Crippen LogP contribution in [-0.4, -0.2) is 60.8 Å². The molecule has 0 bridgehead atoms. The standard InChI is InChI=1S/C24H24F2N2O7/c1-2-34-23(32)20(21(29)27-18(22(30)31)11-19(25)26)28-24(33)35-12-17-15-9-5-3-7-13(15)14-8-4-6-10-16(14)17/h3-10,17-20H,2,11-12H2,1H3,(H,27,29)(H,28,33)(H,30,31). The Morgan fingerprint density at radius 1 is 0.943 bits per heavy atom. The lowest BCUT2D eigenvalue weighted by Crippen LogP contribution is -2.55. The van der Waals surface area contributed by atoms with Gasteiger partial charge in [0.25, 0.3) is 5.91 Å². The van der Waals surface area contributed by atoms with E-state index in [4.69, 9.17) is 14.6 Å². The zero-order chi connectivity index (χ0) is 25.5. The molecule has 1 aliphatic carbocycles. The number of hydrogen-bond donors (Lipinski definition) is 3. The summed E-state index contributed by atoms with van der Waals surface area (Å²) in [5.74, 6) is -4.52. The first-order valence-corrected chi connectivity index (χ1v) is 10.8. The van der Waals surface area contributed by atoms with Crippen LogP contribution in [-0.2, 0) is 23.9 Å². The zero-order valence-corrected chi connectivity index (χ0v) is 18.7. The number of fused-ring (bicyclic) bond motifs is 3. The molecule has 0 heterocycles. The number of carboxylic acids is 1. The summed E-state index contributed by atoms with van der Waals surface area (Å²) in [4.78, 5) is 48.4. The van der Waals surface area contributed by atoms with Gasteiger partial charge in [0.15, 0.2) is 0 Å². The fourth-order valence-electron chi connectivity index (χ4n) is 3.87. The molecule has 3 rings (SSSR count). The van der Waals surface area contributed by atoms with Gasteiger partial charge in [-0.15, -0.1) is 0 Å². The van der Waals surface area contributed by atoms with Crippen molar-refractivity contribution < 1.29 is 42.5 Å². The van der Waals surface area contributed by atoms with Gasteiger partial charge in [-0.1, -0.05) is 48.5 Å². The zero-order valence-electron chi connectivity index (χ0n) is 18.7. The number of halogens is 2. The van der Waals surface area contributed by atoms with Crippen molar-refractivity contribution in [2.24, 2.45) is 0 Å². The lowest BCUT2D eigenvalue weighted by molar-refractivity contribution is -0.151. The van der Waals surface area contributed by atoms with Crippen LogP contribution >= 0.6 is 0 Å². The molecule has 2 unspecified atom stereocenters. The molecule has 35 heavy (non-hydrogen) atoms. The minimum Gasteiger partial charge on any atom is -0.480 e. The Morgan fingerprint density at radius 3 is 2.03 bits per heavy atom. The van der Waals surface area contributed by atoms with Gasteiger partial charge in [-0.05, 0) is 29.2 Å². The number of rotatable bonds is 10. The fraction of sp³-hybridized carbons (Fsp3) is 0.333. The molecule has 2 aromatic rings. The number of nitrogens with one attached hydrogen (secondary N) is 2. The summed E-state index contributed by atoms with van der Waals surface area (Å²) in [5, 5.41) is 12.9. The quantitative estimate of drug-likeness (QED) is 0.345. The van der Waals surface area contributed by atoms with Crippen LogP contribution in [0.3, 0.4) is 0 Å². The van der Waals surface area contributed by atoms with Crippen molar-refractivity contribution in [3.63, 3.8) is 0 Å². The van der Waals surface area contributed by atoms with Crippen LogP contribution in [0.4, 0.5) is 13.6 Å². The van der Waals surface area contributed by atoms with Crippen LogP contribution < -0.4 is 10.6 Å². The fourth-order valence-corrected chi connectivity index (χ4v) is 3.87. The van der Waals surface area contributed by atoms with Crippen molar-refractivity contribution in [2.75, 3.05) is 13.2 Å². The van der Waals surface area contributed by atoms with Crippen LogP contribution in [0.2, 0.25) is 0 Å². The van der Waals surface area contributed by atoms with Gasteiger partial charge in [0.1, 0.15) is 12.6 Å². The Balaban J connectivity index is 1.70. The van der Waals surface area contributed by atoms with Gasteiger partial charge in [0.05, 0.1) is 6.61 Å². The Hall–Kier alpha value is -4.02. The molecule has 3 N–H and O–H groups in total. The minimum absolute atomic E-state index is 0.111. The number of hydrogen-bond acceptors (Lipinski definition) is 6. The summed E-state index contributed by atoms with van der Waals surface area (Å²) >= 11 is 0. The summed E-state index contributed by atoms with van der Waals surface area (Å²) in [6.07, 6.45) is -5.34. The Kier molecular flexibility index (Phi) is 8.34. The lowest BCUT2D eigenvalue weighted by Gasteiger charge is -2.20. The largest absolute Gasteiger partial charge is 0.480 e. The Morgan fingerprint density at radius 2 is 1.51 bits per heavy atom. The van der Waals surface area contributed by atoms with Gasteiger partial charge in [-0.2, -0.15) is 0 Å². The predicted octanol–water partition coefficient (Wildman–Crippen LogP) is 2.68. The first-order chi connectivity index (χ1) is 16.7. The Labute approximate surface area is 199 Å². The van der Waals surface area contributed by atoms with Crippen LogP contribution in [0.15, 0.2) is 48.5 Å². The molecule has 2 amide bonds. The van der Waals surface area contributed by atoms with Crippen LogP contribution in [0.25, 0.3) is 11.1 Å². The second-order valence-corrected chi connectivity index (χ2v) is 7.68. The molecule has 0 saturated heterocycles. The third-order valence-electron chi connectivity index (χ3n) is 5.42. The van der Waals surface area contributed by atoms with Crippen molar-refractivity contribution in [1.82, 2.24) is 10.6 Å². The molecular formula is C24H24F2N2O7. The molecule has 0 aliphatic heterocycles. The smallest absolute Gasteiger partial charge is 0.408 e. The number of benzene rings is 2. The molecule has 186 valence electrons. The van der Waals surface area contributed by atoms with Gasteiger partial charge >= 0.3 is 18.0 Å². The highest BCUT2D eigenvalue weighted by Gasteiger charge is 2.35. The molecule has 0 radical (unpaired) electrons. The maximum atomic E-state index is 12.6. The normalized spacial score (nSPS) is 13.8. The number of alkyl carbamates (subject to hydrolysis) is 1. The Bertz CT molecular complexity index is 1060. The monoisotopic (exact) mass is 490 g/mol. The van der Waals surface area contributed by atoms with Crippen molar-refractivity contribution in [2.45, 2.75) is 37.8 Å². The van der Waals surface area contributed by atoms with E-state index in [-0.39, 0.29) is 19.1 Å². The summed E-state index contributed by atoms with van der Waals surface area (Å²) in [6, 6.07) is 11.3. The minimum atomic E-state index is -3.02. The van der Waals surface area contributed by atoms with E-state index >= 15 is 0 Å². The first-order valence-electron chi connectivity index (χ1n) is 10.8. The maximum absolute atomic E-state index is 12.6. The second-order valence-electron chi connectivity index (χ2n) is 7.68. The maximum Gasteiger partial charge on any atom is 0.408 e. The van der Waals surface area contributed by atoms with Gasteiger partial charge < -0.3 is 19.9 Å². The van der Waals surface area contributed by atoms with E-state index in [1.54, 1.807) is 0 Å². The lowest BCUT2D eigenvalue weighted by atomic mass is 9.98. The van der Waals surface area contributed by atoms with Crippen molar-refractivity contribution in [1.29, 1.82) is 0 Å². The van der Waals surface area contributed by atoms with E-state index in [0.29, 0.717) is 0 Å². The average Bonchev–Trinajstić information content (AvgIpc) is 3.14. The third-order valence-corrected chi connectivity index (χ3v) is 5.42. The molecule has 0 saturated carbocycles. The number of carbonyl (C=O) groups excluding carboxylic acids is 3. The van der Waals surface area contributed by atoms with Gasteiger partial charge in [0, 0.05) is 12.3 Å². The van der Waals surface area contributed by atoms with Crippen LogP contribution in [0.1, 0.15) is 30.4 Å². The van der Waals surface area contributed by atoms with E-state index in [1.165, 1.54) is 6.92 Å². The van der Waals surface area contributed by atoms with E-state index in [0.717, 1.165) is 22.3 Å². The molecule has 2 aromatic carbocycles. The highest BCUT2D eigenvalue weighted by Crippen LogP contribution is 2.44. The summed E-state index contributed by atoms with van der Waals surface area (Å²) in [6.45, 7) is 1.20. The van der Waals surface area contributed by atoms with Crippen LogP contribution in [0.5, 0.6) is 0 Å². The van der Waals surface area contributed by atoms with Gasteiger partial charge in [-0.25, -0.2) is 23.2 Å². The SMILES string of the molecule is CCOC(=O)C(NC(=O)OCC1c2ccccc2-c2ccccc21)C(=O)NC(CC(F)F)C(=O)O. The first kappa shape index (κ1) is 25.6. The molecule has 2 atom stereocenters. The molecule has 0 aromatic heterocycles. The molecule has 0 fully saturated rings. The number of amides is 2. The molecule has 0 spiro atoms. The number of carbonyl (C=O) groups is 4. The van der Waals surface area contributed by atoms with Crippen molar-refractivity contribution in [3.8, 4) is 11.1 Å².